The van der Waals surface area contributed by atoms with Crippen LogP contribution in [0.5, 0.6) is 5.75 Å². The maximum atomic E-state index is 14.8. The Balaban J connectivity index is 1.54. The summed E-state index contributed by atoms with van der Waals surface area (Å²) in [6.07, 6.45) is 6.10. The Hall–Kier alpha value is -3.57. The van der Waals surface area contributed by atoms with Gasteiger partial charge in [-0.15, -0.1) is 0 Å². The highest BCUT2D eigenvalue weighted by molar-refractivity contribution is 6.02. The molecule has 0 spiro atoms. The molecule has 3 aliphatic rings. The zero-order valence-electron chi connectivity index (χ0n) is 19.9. The molecule has 0 radical (unpaired) electrons. The van der Waals surface area contributed by atoms with Crippen LogP contribution in [0.25, 0.3) is 0 Å². The van der Waals surface area contributed by atoms with Gasteiger partial charge < -0.3 is 24.6 Å². The molecule has 2 heterocycles. The SMILES string of the molecule is COC(=O)c1cc(OC2CC2)c(Nc2ncc3c(n2)N(C2CCCC2)CC(F)(F)C(=O)N3C)cc1F. The van der Waals surface area contributed by atoms with Crippen LogP contribution in [0.1, 0.15) is 48.9 Å². The maximum absolute atomic E-state index is 14.8. The Morgan fingerprint density at radius 3 is 2.58 bits per heavy atom. The molecule has 5 rings (SSSR count). The normalized spacial score (nSPS) is 19.6. The van der Waals surface area contributed by atoms with Crippen LogP contribution in [0.4, 0.5) is 36.3 Å². The lowest BCUT2D eigenvalue weighted by Gasteiger charge is -2.31. The summed E-state index contributed by atoms with van der Waals surface area (Å²) in [6, 6.07) is 2.14. The van der Waals surface area contributed by atoms with Gasteiger partial charge in [-0.25, -0.2) is 14.2 Å². The molecule has 1 aromatic carbocycles. The van der Waals surface area contributed by atoms with Gasteiger partial charge in [0, 0.05) is 19.2 Å². The zero-order chi connectivity index (χ0) is 25.6. The van der Waals surface area contributed by atoms with Gasteiger partial charge in [0.05, 0.1) is 37.2 Å². The number of carbonyl (C=O) groups is 2. The number of aromatic nitrogens is 2. The fourth-order valence-electron chi connectivity index (χ4n) is 4.60. The molecule has 0 unspecified atom stereocenters. The number of esters is 1. The third-order valence-corrected chi connectivity index (χ3v) is 6.67. The highest BCUT2D eigenvalue weighted by atomic mass is 19.3. The topological polar surface area (TPSA) is 96.9 Å². The first-order valence-corrected chi connectivity index (χ1v) is 11.8. The van der Waals surface area contributed by atoms with E-state index in [1.54, 1.807) is 0 Å². The molecule has 1 aromatic heterocycles. The number of halogens is 3. The Labute approximate surface area is 205 Å². The van der Waals surface area contributed by atoms with Crippen molar-refractivity contribution in [1.82, 2.24) is 9.97 Å². The number of hydrogen-bond acceptors (Lipinski definition) is 8. The Morgan fingerprint density at radius 2 is 1.92 bits per heavy atom. The van der Waals surface area contributed by atoms with Crippen LogP contribution in [0.2, 0.25) is 0 Å². The number of ether oxygens (including phenoxy) is 2. The van der Waals surface area contributed by atoms with Crippen LogP contribution in [0.15, 0.2) is 18.3 Å². The maximum Gasteiger partial charge on any atom is 0.342 e. The van der Waals surface area contributed by atoms with Gasteiger partial charge in [0.1, 0.15) is 17.3 Å². The standard InChI is InChI=1S/C24H26F3N5O4/c1-31-18-11-28-23(30-20(18)32(13-5-3-4-6-13)12-24(26,27)22(31)34)29-17-10-16(25)15(21(33)35-2)9-19(17)36-14-7-8-14/h9-11,13-14H,3-8,12H2,1-2H3,(H,28,29,30). The van der Waals surface area contributed by atoms with Crippen molar-refractivity contribution in [2.75, 3.05) is 35.8 Å². The average Bonchev–Trinajstić information content (AvgIpc) is 3.52. The number of benzene rings is 1. The molecule has 2 saturated carbocycles. The van der Waals surface area contributed by atoms with Crippen molar-refractivity contribution in [3.63, 3.8) is 0 Å². The molecule has 0 bridgehead atoms. The van der Waals surface area contributed by atoms with E-state index in [0.29, 0.717) is 12.8 Å². The Morgan fingerprint density at radius 1 is 1.19 bits per heavy atom. The molecule has 9 nitrogen and oxygen atoms in total. The van der Waals surface area contributed by atoms with Crippen molar-refractivity contribution in [2.24, 2.45) is 0 Å². The number of amides is 1. The molecule has 2 fully saturated rings. The molecular formula is C24H26F3N5O4. The minimum Gasteiger partial charge on any atom is -0.488 e. The van der Waals surface area contributed by atoms with E-state index < -0.39 is 30.2 Å². The first-order chi connectivity index (χ1) is 17.2. The first-order valence-electron chi connectivity index (χ1n) is 11.8. The third-order valence-electron chi connectivity index (χ3n) is 6.67. The van der Waals surface area contributed by atoms with Crippen molar-refractivity contribution < 1.29 is 32.2 Å². The van der Waals surface area contributed by atoms with Gasteiger partial charge in [-0.1, -0.05) is 12.8 Å². The summed E-state index contributed by atoms with van der Waals surface area (Å²) in [4.78, 5) is 35.5. The molecule has 192 valence electrons. The number of hydrogen-bond donors (Lipinski definition) is 1. The van der Waals surface area contributed by atoms with Gasteiger partial charge in [0.2, 0.25) is 5.95 Å². The van der Waals surface area contributed by atoms with E-state index in [1.165, 1.54) is 24.2 Å². The molecule has 36 heavy (non-hydrogen) atoms. The summed E-state index contributed by atoms with van der Waals surface area (Å²) in [6.45, 7) is -0.789. The summed E-state index contributed by atoms with van der Waals surface area (Å²) in [5.74, 6) is -6.18. The quantitative estimate of drug-likeness (QED) is 0.588. The monoisotopic (exact) mass is 505 g/mol. The molecule has 12 heteroatoms. The lowest BCUT2D eigenvalue weighted by Crippen LogP contribution is -2.48. The van der Waals surface area contributed by atoms with Crippen molar-refractivity contribution in [3.8, 4) is 5.75 Å². The number of anilines is 4. The van der Waals surface area contributed by atoms with Crippen LogP contribution in [-0.4, -0.2) is 60.6 Å². The molecule has 0 saturated heterocycles. The molecule has 1 aliphatic heterocycles. The predicted octanol–water partition coefficient (Wildman–Crippen LogP) is 4.05. The van der Waals surface area contributed by atoms with Crippen LogP contribution in [0.3, 0.4) is 0 Å². The van der Waals surface area contributed by atoms with E-state index in [2.05, 4.69) is 20.0 Å². The summed E-state index contributed by atoms with van der Waals surface area (Å²) < 4.78 is 54.8. The zero-order valence-corrected chi connectivity index (χ0v) is 19.9. The fraction of sp³-hybridized carbons (Fsp3) is 0.500. The summed E-state index contributed by atoms with van der Waals surface area (Å²) in [5.41, 5.74) is 0.0513. The minimum absolute atomic E-state index is 0.00803. The minimum atomic E-state index is -3.59. The second-order valence-corrected chi connectivity index (χ2v) is 9.30. The third kappa shape index (κ3) is 4.51. The Bertz CT molecular complexity index is 1200. The first kappa shape index (κ1) is 24.1. The summed E-state index contributed by atoms with van der Waals surface area (Å²) >= 11 is 0. The van der Waals surface area contributed by atoms with Crippen LogP contribution >= 0.6 is 0 Å². The molecular weight excluding hydrogens is 479 g/mol. The fourth-order valence-corrected chi connectivity index (χ4v) is 4.60. The van der Waals surface area contributed by atoms with Crippen LogP contribution in [-0.2, 0) is 9.53 Å². The molecule has 1 N–H and O–H groups in total. The number of rotatable bonds is 6. The number of nitrogens with zero attached hydrogens (tertiary/aromatic N) is 4. The van der Waals surface area contributed by atoms with Crippen molar-refractivity contribution in [3.05, 3.63) is 29.7 Å². The van der Waals surface area contributed by atoms with Gasteiger partial charge >= 0.3 is 11.9 Å². The molecule has 2 aliphatic carbocycles. The second kappa shape index (κ2) is 9.14. The van der Waals surface area contributed by atoms with Gasteiger partial charge in [-0.05, 0) is 31.7 Å². The number of alkyl halides is 2. The van der Waals surface area contributed by atoms with Gasteiger partial charge in [0.15, 0.2) is 5.82 Å². The predicted molar refractivity (Wildman–Crippen MR) is 125 cm³/mol. The highest BCUT2D eigenvalue weighted by Crippen LogP contribution is 2.40. The number of methoxy groups -OCH3 is 1. The van der Waals surface area contributed by atoms with E-state index in [4.69, 9.17) is 4.74 Å². The lowest BCUT2D eigenvalue weighted by molar-refractivity contribution is -0.140. The largest absolute Gasteiger partial charge is 0.488 e. The number of carbonyl (C=O) groups excluding carboxylic acids is 2. The lowest BCUT2D eigenvalue weighted by atomic mass is 10.1. The highest BCUT2D eigenvalue weighted by Gasteiger charge is 2.48. The van der Waals surface area contributed by atoms with Crippen molar-refractivity contribution in [1.29, 1.82) is 0 Å². The van der Waals surface area contributed by atoms with E-state index in [9.17, 15) is 22.8 Å². The van der Waals surface area contributed by atoms with E-state index >= 15 is 0 Å². The Kier molecular flexibility index (Phi) is 6.13. The second-order valence-electron chi connectivity index (χ2n) is 9.30. The van der Waals surface area contributed by atoms with Crippen molar-refractivity contribution in [2.45, 2.75) is 56.6 Å². The smallest absolute Gasteiger partial charge is 0.342 e. The van der Waals surface area contributed by atoms with Crippen molar-refractivity contribution >= 4 is 35.0 Å². The van der Waals surface area contributed by atoms with Gasteiger partial charge in [-0.2, -0.15) is 13.8 Å². The molecule has 1 amide bonds. The molecule has 0 atom stereocenters. The van der Waals surface area contributed by atoms with Gasteiger partial charge in [0.25, 0.3) is 5.91 Å². The van der Waals surface area contributed by atoms with Crippen LogP contribution < -0.4 is 19.9 Å². The average molecular weight is 505 g/mol. The van der Waals surface area contributed by atoms with Crippen LogP contribution in [0, 0.1) is 5.82 Å². The van der Waals surface area contributed by atoms with Gasteiger partial charge in [-0.3, -0.25) is 4.79 Å². The van der Waals surface area contributed by atoms with E-state index in [-0.39, 0.29) is 46.6 Å². The number of nitrogens with one attached hydrogen (secondary N) is 1. The van der Waals surface area contributed by atoms with E-state index in [1.807, 2.05) is 0 Å². The summed E-state index contributed by atoms with van der Waals surface area (Å²) in [5, 5.41) is 2.90. The number of fused-ring (bicyclic) bond motifs is 1. The summed E-state index contributed by atoms with van der Waals surface area (Å²) in [7, 11) is 2.42. The molecule has 2 aromatic rings. The van der Waals surface area contributed by atoms with E-state index in [0.717, 1.165) is 43.8 Å².